The van der Waals surface area contributed by atoms with Crippen LogP contribution in [0.2, 0.25) is 0 Å². The molecule has 0 aliphatic carbocycles. The number of hydrogen-bond donors (Lipinski definition) is 2. The van der Waals surface area contributed by atoms with Gasteiger partial charge in [-0.05, 0) is 30.5 Å². The molecule has 112 valence electrons. The fourth-order valence-electron chi connectivity index (χ4n) is 1.97. The van der Waals surface area contributed by atoms with Gasteiger partial charge in [-0.2, -0.15) is 0 Å². The molecule has 0 aliphatic rings. The Morgan fingerprint density at radius 1 is 1.35 bits per heavy atom. The van der Waals surface area contributed by atoms with Gasteiger partial charge in [-0.25, -0.2) is 13.1 Å². The molecule has 1 atom stereocenters. The second kappa shape index (κ2) is 8.19. The fourth-order valence-corrected chi connectivity index (χ4v) is 3.38. The molecule has 1 rings (SSSR count). The minimum absolute atomic E-state index is 0.00626. The zero-order valence-corrected chi connectivity index (χ0v) is 13.0. The minimum Gasteiger partial charge on any atom is -0.327 e. The van der Waals surface area contributed by atoms with Crippen LogP contribution in [0, 0.1) is 0 Å². The number of rotatable bonds is 8. The second-order valence-electron chi connectivity index (χ2n) is 4.73. The first-order valence-corrected chi connectivity index (χ1v) is 8.50. The van der Waals surface area contributed by atoms with E-state index in [1.54, 1.807) is 24.3 Å². The van der Waals surface area contributed by atoms with Gasteiger partial charge >= 0.3 is 0 Å². The Balaban J connectivity index is 2.94. The summed E-state index contributed by atoms with van der Waals surface area (Å²) >= 11 is 0. The van der Waals surface area contributed by atoms with Gasteiger partial charge in [0, 0.05) is 12.6 Å². The van der Waals surface area contributed by atoms with E-state index in [4.69, 9.17) is 5.73 Å². The van der Waals surface area contributed by atoms with Crippen LogP contribution in [0.1, 0.15) is 38.7 Å². The predicted molar refractivity (Wildman–Crippen MR) is 83.8 cm³/mol. The first-order valence-electron chi connectivity index (χ1n) is 7.02. The smallest absolute Gasteiger partial charge is 0.240 e. The summed E-state index contributed by atoms with van der Waals surface area (Å²) in [5, 5.41) is 0. The van der Waals surface area contributed by atoms with Crippen molar-refractivity contribution in [2.75, 3.05) is 6.54 Å². The third-order valence-electron chi connectivity index (χ3n) is 3.07. The quantitative estimate of drug-likeness (QED) is 0.774. The van der Waals surface area contributed by atoms with Crippen LogP contribution in [-0.2, 0) is 10.0 Å². The van der Waals surface area contributed by atoms with Gasteiger partial charge < -0.3 is 5.73 Å². The first-order chi connectivity index (χ1) is 9.53. The molecule has 1 aromatic rings. The normalized spacial score (nSPS) is 13.8. The zero-order valence-electron chi connectivity index (χ0n) is 12.2. The maximum atomic E-state index is 12.3. The molecule has 0 spiro atoms. The van der Waals surface area contributed by atoms with Gasteiger partial charge in [0.25, 0.3) is 0 Å². The van der Waals surface area contributed by atoms with Gasteiger partial charge in [-0.15, -0.1) is 0 Å². The molecule has 1 aromatic carbocycles. The molecule has 4 nitrogen and oxygen atoms in total. The molecule has 0 aliphatic heterocycles. The van der Waals surface area contributed by atoms with Crippen molar-refractivity contribution in [1.82, 2.24) is 4.72 Å². The molecule has 3 N–H and O–H groups in total. The Kier molecular flexibility index (Phi) is 6.91. The Morgan fingerprint density at radius 2 is 2.10 bits per heavy atom. The lowest BCUT2D eigenvalue weighted by molar-refractivity contribution is 0.512. The van der Waals surface area contributed by atoms with Crippen molar-refractivity contribution in [2.45, 2.75) is 44.0 Å². The third-order valence-corrected chi connectivity index (χ3v) is 4.58. The van der Waals surface area contributed by atoms with E-state index < -0.39 is 10.0 Å². The summed E-state index contributed by atoms with van der Waals surface area (Å²) in [6, 6.07) is 6.86. The highest BCUT2D eigenvalue weighted by molar-refractivity contribution is 7.89. The van der Waals surface area contributed by atoms with E-state index in [0.717, 1.165) is 24.8 Å². The highest BCUT2D eigenvalue weighted by Crippen LogP contribution is 2.14. The van der Waals surface area contributed by atoms with E-state index >= 15 is 0 Å². The van der Waals surface area contributed by atoms with Crippen LogP contribution in [0.5, 0.6) is 0 Å². The van der Waals surface area contributed by atoms with Gasteiger partial charge in [0.1, 0.15) is 0 Å². The Hall–Kier alpha value is -1.17. The lowest BCUT2D eigenvalue weighted by atomic mass is 10.1. The lowest BCUT2D eigenvalue weighted by Gasteiger charge is -2.16. The number of hydrogen-bond acceptors (Lipinski definition) is 3. The fraction of sp³-hybridized carbons (Fsp3) is 0.467. The molecule has 0 fully saturated rings. The summed E-state index contributed by atoms with van der Waals surface area (Å²) in [6.07, 6.45) is 6.22. The number of sulfonamides is 1. The van der Waals surface area contributed by atoms with Crippen molar-refractivity contribution in [1.29, 1.82) is 0 Å². The molecule has 20 heavy (non-hydrogen) atoms. The SMILES string of the molecule is CCCC(CC)NS(=O)(=O)c1cccc(/C=C/CN)c1. The van der Waals surface area contributed by atoms with Gasteiger partial charge in [0.2, 0.25) is 10.0 Å². The van der Waals surface area contributed by atoms with E-state index in [9.17, 15) is 8.42 Å². The molecule has 1 unspecified atom stereocenters. The average molecular weight is 296 g/mol. The molecular formula is C15H24N2O2S. The Bertz CT molecular complexity index is 539. The van der Waals surface area contributed by atoms with Crippen LogP contribution < -0.4 is 10.5 Å². The van der Waals surface area contributed by atoms with Crippen LogP contribution in [0.15, 0.2) is 35.2 Å². The van der Waals surface area contributed by atoms with Crippen molar-refractivity contribution in [3.8, 4) is 0 Å². The number of nitrogens with two attached hydrogens (primary N) is 1. The molecule has 0 saturated carbocycles. The third kappa shape index (κ3) is 5.07. The molecule has 0 radical (unpaired) electrons. The van der Waals surface area contributed by atoms with E-state index in [-0.39, 0.29) is 6.04 Å². The molecule has 0 bridgehead atoms. The summed E-state index contributed by atoms with van der Waals surface area (Å²) in [6.45, 7) is 4.47. The molecule has 0 heterocycles. The first kappa shape index (κ1) is 16.9. The van der Waals surface area contributed by atoms with Crippen molar-refractivity contribution in [2.24, 2.45) is 5.73 Å². The van der Waals surface area contributed by atoms with E-state index in [0.29, 0.717) is 11.4 Å². The summed E-state index contributed by atoms with van der Waals surface area (Å²) < 4.78 is 27.5. The summed E-state index contributed by atoms with van der Waals surface area (Å²) in [4.78, 5) is 0.297. The van der Waals surface area contributed by atoms with Crippen LogP contribution in [0.25, 0.3) is 6.08 Å². The van der Waals surface area contributed by atoms with E-state index in [2.05, 4.69) is 11.6 Å². The van der Waals surface area contributed by atoms with Crippen molar-refractivity contribution in [3.05, 3.63) is 35.9 Å². The summed E-state index contributed by atoms with van der Waals surface area (Å²) in [5.74, 6) is 0. The van der Waals surface area contributed by atoms with Crippen LogP contribution in [0.4, 0.5) is 0 Å². The largest absolute Gasteiger partial charge is 0.327 e. The number of nitrogens with one attached hydrogen (secondary N) is 1. The van der Waals surface area contributed by atoms with Crippen LogP contribution in [-0.4, -0.2) is 21.0 Å². The zero-order chi connectivity index (χ0) is 15.0. The highest BCUT2D eigenvalue weighted by atomic mass is 32.2. The predicted octanol–water partition coefficient (Wildman–Crippen LogP) is 2.52. The summed E-state index contributed by atoms with van der Waals surface area (Å²) in [7, 11) is -3.46. The van der Waals surface area contributed by atoms with Gasteiger partial charge in [0.15, 0.2) is 0 Å². The molecule has 0 saturated heterocycles. The van der Waals surface area contributed by atoms with Crippen molar-refractivity contribution >= 4 is 16.1 Å². The van der Waals surface area contributed by atoms with Gasteiger partial charge in [0.05, 0.1) is 4.90 Å². The molecule has 0 aromatic heterocycles. The van der Waals surface area contributed by atoms with Crippen LogP contribution in [0.3, 0.4) is 0 Å². The summed E-state index contributed by atoms with van der Waals surface area (Å²) in [5.41, 5.74) is 6.24. The van der Waals surface area contributed by atoms with Gasteiger partial charge in [-0.1, -0.05) is 44.6 Å². The Morgan fingerprint density at radius 3 is 2.70 bits per heavy atom. The molecular weight excluding hydrogens is 272 g/mol. The van der Waals surface area contributed by atoms with Crippen molar-refractivity contribution < 1.29 is 8.42 Å². The van der Waals surface area contributed by atoms with Gasteiger partial charge in [-0.3, -0.25) is 0 Å². The Labute approximate surface area is 122 Å². The molecule has 0 amide bonds. The topological polar surface area (TPSA) is 72.2 Å². The lowest BCUT2D eigenvalue weighted by Crippen LogP contribution is -2.34. The average Bonchev–Trinajstić information content (AvgIpc) is 2.44. The van der Waals surface area contributed by atoms with Crippen molar-refractivity contribution in [3.63, 3.8) is 0 Å². The van der Waals surface area contributed by atoms with E-state index in [1.165, 1.54) is 0 Å². The maximum Gasteiger partial charge on any atom is 0.240 e. The van der Waals surface area contributed by atoms with Crippen LogP contribution >= 0.6 is 0 Å². The minimum atomic E-state index is -3.46. The second-order valence-corrected chi connectivity index (χ2v) is 6.44. The number of benzene rings is 1. The standard InChI is InChI=1S/C15H24N2O2S/c1-3-7-14(4-2)17-20(18,19)15-10-5-8-13(12-15)9-6-11-16/h5-6,8-10,12,14,17H,3-4,7,11,16H2,1-2H3/b9-6+. The highest BCUT2D eigenvalue weighted by Gasteiger charge is 2.18. The monoisotopic (exact) mass is 296 g/mol. The molecule has 5 heteroatoms. The maximum absolute atomic E-state index is 12.3. The van der Waals surface area contributed by atoms with E-state index in [1.807, 2.05) is 19.1 Å².